The van der Waals surface area contributed by atoms with Gasteiger partial charge in [-0.05, 0) is 67.1 Å². The molecule has 1 amide bonds. The molecule has 1 fully saturated rings. The molecule has 1 unspecified atom stereocenters. The molecule has 7 nitrogen and oxygen atoms in total. The van der Waals surface area contributed by atoms with Crippen molar-refractivity contribution in [2.24, 2.45) is 0 Å². The van der Waals surface area contributed by atoms with Crippen LogP contribution in [0.5, 0.6) is 11.5 Å². The second-order valence-corrected chi connectivity index (χ2v) is 9.28. The molecule has 3 aromatic carbocycles. The number of aromatic hydroxyl groups is 1. The number of ketones is 1. The van der Waals surface area contributed by atoms with Gasteiger partial charge in [-0.2, -0.15) is 0 Å². The van der Waals surface area contributed by atoms with E-state index in [9.17, 15) is 19.8 Å². The number of amides is 1. The number of fused-ring (bicyclic) bond motifs is 1. The number of ether oxygens (including phenoxy) is 1. The lowest BCUT2D eigenvalue weighted by atomic mass is 9.95. The van der Waals surface area contributed by atoms with Crippen molar-refractivity contribution >= 4 is 55.7 Å². The molecule has 1 aliphatic rings. The molecule has 35 heavy (non-hydrogen) atoms. The van der Waals surface area contributed by atoms with Crippen molar-refractivity contribution in [1.82, 2.24) is 4.98 Å². The van der Waals surface area contributed by atoms with E-state index in [1.165, 1.54) is 28.4 Å². The molecule has 2 heterocycles. The third-order valence-corrected chi connectivity index (χ3v) is 6.88. The molecule has 1 atom stereocenters. The number of carbonyl (C=O) groups is 2. The topological polar surface area (TPSA) is 100.0 Å². The van der Waals surface area contributed by atoms with E-state index in [0.29, 0.717) is 39.2 Å². The summed E-state index contributed by atoms with van der Waals surface area (Å²) in [5, 5.41) is 22.0. The second-order valence-electron chi connectivity index (χ2n) is 7.83. The van der Waals surface area contributed by atoms with E-state index in [2.05, 4.69) is 4.98 Å². The Morgan fingerprint density at radius 3 is 2.60 bits per heavy atom. The Hall–Kier alpha value is -3.88. The van der Waals surface area contributed by atoms with Crippen LogP contribution in [0.3, 0.4) is 0 Å². The molecule has 5 rings (SSSR count). The highest BCUT2D eigenvalue weighted by Crippen LogP contribution is 2.45. The second kappa shape index (κ2) is 9.05. The van der Waals surface area contributed by atoms with Crippen LogP contribution in [0, 0.1) is 0 Å². The first-order valence-corrected chi connectivity index (χ1v) is 12.0. The van der Waals surface area contributed by atoms with Crippen LogP contribution in [0.15, 0.2) is 72.3 Å². The summed E-state index contributed by atoms with van der Waals surface area (Å²) in [4.78, 5) is 32.4. The minimum Gasteiger partial charge on any atom is -0.508 e. The Morgan fingerprint density at radius 2 is 1.89 bits per heavy atom. The normalized spacial score (nSPS) is 17.3. The molecule has 176 valence electrons. The number of Topliss-reactive ketones (excluding diaryl/α,β-unsaturated/α-hetero) is 1. The molecule has 0 spiro atoms. The summed E-state index contributed by atoms with van der Waals surface area (Å²) < 4.78 is 6.34. The van der Waals surface area contributed by atoms with Crippen molar-refractivity contribution in [1.29, 1.82) is 0 Å². The molecule has 0 bridgehead atoms. The van der Waals surface area contributed by atoms with Gasteiger partial charge in [0.05, 0.1) is 28.4 Å². The number of halogens is 1. The molecule has 0 radical (unpaired) electrons. The highest BCUT2D eigenvalue weighted by Gasteiger charge is 2.48. The standard InChI is InChI=1S/C26H19ClN2O5S/c1-2-34-18-10-11-19-20(13-18)35-26(28-19)29-22(15-4-3-5-17(30)12-15)21(24(32)25(29)33)23(31)14-6-8-16(27)9-7-14/h3-13,22,30-31H,2H2,1H3. The minimum absolute atomic E-state index is 0.0368. The average Bonchev–Trinajstić information content (AvgIpc) is 3.37. The summed E-state index contributed by atoms with van der Waals surface area (Å²) in [5.74, 6) is -1.37. The maximum atomic E-state index is 13.3. The van der Waals surface area contributed by atoms with Gasteiger partial charge in [0.2, 0.25) is 0 Å². The third kappa shape index (κ3) is 4.11. The number of carbonyl (C=O) groups excluding carboxylic acids is 2. The van der Waals surface area contributed by atoms with Gasteiger partial charge in [0.15, 0.2) is 5.13 Å². The average molecular weight is 507 g/mol. The number of phenols is 1. The number of thiazole rings is 1. The Kier molecular flexibility index (Phi) is 5.92. The monoisotopic (exact) mass is 506 g/mol. The lowest BCUT2D eigenvalue weighted by Gasteiger charge is -2.23. The van der Waals surface area contributed by atoms with Gasteiger partial charge in [0.25, 0.3) is 5.78 Å². The minimum atomic E-state index is -0.996. The SMILES string of the molecule is CCOc1ccc2nc(N3C(=O)C(=O)C(=C(O)c4ccc(Cl)cc4)C3c3cccc(O)c3)sc2c1. The van der Waals surface area contributed by atoms with Crippen molar-refractivity contribution in [3.63, 3.8) is 0 Å². The fourth-order valence-electron chi connectivity index (χ4n) is 4.06. The van der Waals surface area contributed by atoms with Gasteiger partial charge >= 0.3 is 5.91 Å². The van der Waals surface area contributed by atoms with E-state index >= 15 is 0 Å². The number of aliphatic hydroxyl groups is 1. The molecule has 0 aliphatic carbocycles. The number of rotatable bonds is 5. The van der Waals surface area contributed by atoms with Crippen LogP contribution in [0.4, 0.5) is 5.13 Å². The number of anilines is 1. The van der Waals surface area contributed by atoms with Crippen molar-refractivity contribution in [3.8, 4) is 11.5 Å². The first-order valence-electron chi connectivity index (χ1n) is 10.8. The van der Waals surface area contributed by atoms with E-state index in [1.54, 1.807) is 48.5 Å². The summed E-state index contributed by atoms with van der Waals surface area (Å²) in [6.07, 6.45) is 0. The molecular formula is C26H19ClN2O5S. The van der Waals surface area contributed by atoms with Crippen LogP contribution in [-0.4, -0.2) is 33.5 Å². The van der Waals surface area contributed by atoms with Crippen molar-refractivity contribution in [2.75, 3.05) is 11.5 Å². The van der Waals surface area contributed by atoms with Crippen LogP contribution in [0.25, 0.3) is 16.0 Å². The molecule has 2 N–H and O–H groups in total. The smallest absolute Gasteiger partial charge is 0.301 e. The zero-order chi connectivity index (χ0) is 24.7. The van der Waals surface area contributed by atoms with Gasteiger partial charge in [-0.15, -0.1) is 0 Å². The first kappa shape index (κ1) is 22.9. The summed E-state index contributed by atoms with van der Waals surface area (Å²) in [5.41, 5.74) is 1.33. The van der Waals surface area contributed by atoms with Crippen molar-refractivity contribution in [3.05, 3.63) is 88.5 Å². The lowest BCUT2D eigenvalue weighted by Crippen LogP contribution is -2.29. The van der Waals surface area contributed by atoms with Gasteiger partial charge in [0.1, 0.15) is 17.3 Å². The summed E-state index contributed by atoms with van der Waals surface area (Å²) >= 11 is 7.20. The van der Waals surface area contributed by atoms with Crippen LogP contribution >= 0.6 is 22.9 Å². The van der Waals surface area contributed by atoms with E-state index in [4.69, 9.17) is 16.3 Å². The molecule has 1 aliphatic heterocycles. The van der Waals surface area contributed by atoms with Crippen LogP contribution in [0.1, 0.15) is 24.1 Å². The Labute approximate surface area is 209 Å². The molecule has 1 saturated heterocycles. The summed E-state index contributed by atoms with van der Waals surface area (Å²) in [6.45, 7) is 2.39. The zero-order valence-electron chi connectivity index (χ0n) is 18.4. The number of benzene rings is 3. The summed E-state index contributed by atoms with van der Waals surface area (Å²) in [7, 11) is 0. The maximum Gasteiger partial charge on any atom is 0.301 e. The first-order chi connectivity index (χ1) is 16.9. The van der Waals surface area contributed by atoms with E-state index in [1.807, 2.05) is 13.0 Å². The van der Waals surface area contributed by atoms with Crippen molar-refractivity contribution in [2.45, 2.75) is 13.0 Å². The number of phenolic OH excluding ortho intramolecular Hbond substituents is 1. The predicted octanol–water partition coefficient (Wildman–Crippen LogP) is 5.68. The van der Waals surface area contributed by atoms with Crippen molar-refractivity contribution < 1.29 is 24.5 Å². The third-order valence-electron chi connectivity index (χ3n) is 5.61. The van der Waals surface area contributed by atoms with Gasteiger partial charge < -0.3 is 14.9 Å². The van der Waals surface area contributed by atoms with Gasteiger partial charge in [-0.1, -0.05) is 35.1 Å². The van der Waals surface area contributed by atoms with Crippen LogP contribution in [-0.2, 0) is 9.59 Å². The van der Waals surface area contributed by atoms with Gasteiger partial charge in [-0.3, -0.25) is 14.5 Å². The Bertz CT molecular complexity index is 1500. The maximum absolute atomic E-state index is 13.3. The fourth-order valence-corrected chi connectivity index (χ4v) is 5.20. The molecule has 9 heteroatoms. The van der Waals surface area contributed by atoms with E-state index < -0.39 is 17.7 Å². The number of aromatic nitrogens is 1. The highest BCUT2D eigenvalue weighted by atomic mass is 35.5. The number of hydrogen-bond donors (Lipinski definition) is 2. The number of hydrogen-bond acceptors (Lipinski definition) is 7. The van der Waals surface area contributed by atoms with Gasteiger partial charge in [-0.25, -0.2) is 4.98 Å². The Balaban J connectivity index is 1.70. The molecule has 1 aromatic heterocycles. The number of nitrogens with zero attached hydrogens (tertiary/aromatic N) is 2. The summed E-state index contributed by atoms with van der Waals surface area (Å²) in [6, 6.07) is 16.9. The highest BCUT2D eigenvalue weighted by molar-refractivity contribution is 7.22. The van der Waals surface area contributed by atoms with E-state index in [-0.39, 0.29) is 17.1 Å². The fraction of sp³-hybridized carbons (Fsp3) is 0.115. The van der Waals surface area contributed by atoms with Crippen LogP contribution < -0.4 is 9.64 Å². The molecule has 4 aromatic rings. The quantitative estimate of drug-likeness (QED) is 0.205. The van der Waals surface area contributed by atoms with Crippen LogP contribution in [0.2, 0.25) is 5.02 Å². The van der Waals surface area contributed by atoms with Gasteiger partial charge in [0, 0.05) is 10.6 Å². The predicted molar refractivity (Wildman–Crippen MR) is 135 cm³/mol. The molecule has 0 saturated carbocycles. The zero-order valence-corrected chi connectivity index (χ0v) is 20.0. The Morgan fingerprint density at radius 1 is 1.11 bits per heavy atom. The molecular weight excluding hydrogens is 488 g/mol. The lowest BCUT2D eigenvalue weighted by molar-refractivity contribution is -0.132. The van der Waals surface area contributed by atoms with E-state index in [0.717, 1.165) is 4.70 Å². The largest absolute Gasteiger partial charge is 0.508 e. The number of aliphatic hydroxyl groups excluding tert-OH is 1.